The van der Waals surface area contributed by atoms with E-state index in [0.717, 1.165) is 27.7 Å². The van der Waals surface area contributed by atoms with E-state index in [4.69, 9.17) is 9.84 Å². The van der Waals surface area contributed by atoms with E-state index in [9.17, 15) is 0 Å². The Morgan fingerprint density at radius 1 is 1.04 bits per heavy atom. The molecule has 0 unspecified atom stereocenters. The first-order valence-corrected chi connectivity index (χ1v) is 9.44. The Kier molecular flexibility index (Phi) is 5.75. The van der Waals surface area contributed by atoms with Gasteiger partial charge >= 0.3 is 0 Å². The average molecular weight is 341 g/mol. The van der Waals surface area contributed by atoms with Crippen molar-refractivity contribution in [2.45, 2.75) is 37.6 Å². The fraction of sp³-hybridized carbons (Fsp3) is 0.368. The SMILES string of the molecule is CCCCCCSc1ccc2nc(-c3ccccc3)c(OC)n2n1. The van der Waals surface area contributed by atoms with Gasteiger partial charge in [-0.25, -0.2) is 4.98 Å². The first kappa shape index (κ1) is 16.8. The van der Waals surface area contributed by atoms with Crippen LogP contribution in [0.2, 0.25) is 0 Å². The topological polar surface area (TPSA) is 39.4 Å². The summed E-state index contributed by atoms with van der Waals surface area (Å²) >= 11 is 1.79. The number of rotatable bonds is 8. The minimum atomic E-state index is 0.685. The zero-order valence-corrected chi connectivity index (χ0v) is 15.1. The molecule has 24 heavy (non-hydrogen) atoms. The first-order valence-electron chi connectivity index (χ1n) is 8.45. The zero-order chi connectivity index (χ0) is 16.8. The molecule has 126 valence electrons. The number of fused-ring (bicyclic) bond motifs is 1. The van der Waals surface area contributed by atoms with E-state index in [-0.39, 0.29) is 0 Å². The summed E-state index contributed by atoms with van der Waals surface area (Å²) in [5, 5.41) is 5.71. The van der Waals surface area contributed by atoms with Crippen LogP contribution in [-0.2, 0) is 0 Å². The molecule has 1 aromatic carbocycles. The van der Waals surface area contributed by atoms with Gasteiger partial charge in [0, 0.05) is 5.56 Å². The van der Waals surface area contributed by atoms with Crippen LogP contribution >= 0.6 is 11.8 Å². The Morgan fingerprint density at radius 2 is 1.88 bits per heavy atom. The Bertz CT molecular complexity index is 786. The van der Waals surface area contributed by atoms with E-state index in [1.807, 2.05) is 42.5 Å². The van der Waals surface area contributed by atoms with Gasteiger partial charge in [-0.3, -0.25) is 0 Å². The molecule has 0 N–H and O–H groups in total. The third kappa shape index (κ3) is 3.73. The van der Waals surface area contributed by atoms with E-state index in [1.165, 1.54) is 25.7 Å². The summed E-state index contributed by atoms with van der Waals surface area (Å²) in [6.45, 7) is 2.23. The lowest BCUT2D eigenvalue weighted by Crippen LogP contribution is -1.97. The van der Waals surface area contributed by atoms with Crippen LogP contribution in [0.15, 0.2) is 47.5 Å². The number of hydrogen-bond acceptors (Lipinski definition) is 4. The molecule has 4 nitrogen and oxygen atoms in total. The Morgan fingerprint density at radius 3 is 2.62 bits per heavy atom. The van der Waals surface area contributed by atoms with Crippen molar-refractivity contribution >= 4 is 17.4 Å². The Balaban J connectivity index is 1.84. The first-order chi connectivity index (χ1) is 11.8. The van der Waals surface area contributed by atoms with Crippen LogP contribution in [0.4, 0.5) is 0 Å². The second-order valence-electron chi connectivity index (χ2n) is 5.69. The number of unbranched alkanes of at least 4 members (excludes halogenated alkanes) is 3. The lowest BCUT2D eigenvalue weighted by atomic mass is 10.2. The quantitative estimate of drug-likeness (QED) is 0.423. The molecule has 0 fully saturated rings. The van der Waals surface area contributed by atoms with Crippen LogP contribution in [0.3, 0.4) is 0 Å². The van der Waals surface area contributed by atoms with Crippen molar-refractivity contribution < 1.29 is 4.74 Å². The van der Waals surface area contributed by atoms with Gasteiger partial charge < -0.3 is 4.74 Å². The highest BCUT2D eigenvalue weighted by molar-refractivity contribution is 7.99. The summed E-state index contributed by atoms with van der Waals surface area (Å²) < 4.78 is 7.40. The van der Waals surface area contributed by atoms with Crippen molar-refractivity contribution in [3.63, 3.8) is 0 Å². The molecule has 3 aromatic rings. The number of nitrogens with zero attached hydrogens (tertiary/aromatic N) is 3. The molecule has 0 saturated heterocycles. The van der Waals surface area contributed by atoms with Gasteiger partial charge in [0.05, 0.1) is 7.11 Å². The summed E-state index contributed by atoms with van der Waals surface area (Å²) in [6.07, 6.45) is 5.10. The maximum atomic E-state index is 5.59. The number of methoxy groups -OCH3 is 1. The molecule has 0 amide bonds. The van der Waals surface area contributed by atoms with E-state index in [0.29, 0.717) is 5.88 Å². The molecule has 3 rings (SSSR count). The van der Waals surface area contributed by atoms with Gasteiger partial charge in [-0.2, -0.15) is 9.61 Å². The third-order valence-electron chi connectivity index (χ3n) is 3.90. The van der Waals surface area contributed by atoms with E-state index >= 15 is 0 Å². The fourth-order valence-corrected chi connectivity index (χ4v) is 3.51. The molecule has 0 atom stereocenters. The molecular weight excluding hydrogens is 318 g/mol. The minimum absolute atomic E-state index is 0.685. The number of aromatic nitrogens is 3. The van der Waals surface area contributed by atoms with Crippen LogP contribution in [0, 0.1) is 0 Å². The lowest BCUT2D eigenvalue weighted by molar-refractivity contribution is 0.387. The van der Waals surface area contributed by atoms with Crippen molar-refractivity contribution in [1.82, 2.24) is 14.6 Å². The normalized spacial score (nSPS) is 11.1. The predicted octanol–water partition coefficient (Wildman–Crippen LogP) is 5.08. The monoisotopic (exact) mass is 341 g/mol. The summed E-state index contributed by atoms with van der Waals surface area (Å²) in [7, 11) is 1.67. The maximum absolute atomic E-state index is 5.59. The van der Waals surface area contributed by atoms with Gasteiger partial charge in [-0.05, 0) is 24.3 Å². The maximum Gasteiger partial charge on any atom is 0.243 e. The van der Waals surface area contributed by atoms with Crippen molar-refractivity contribution in [1.29, 1.82) is 0 Å². The van der Waals surface area contributed by atoms with Gasteiger partial charge in [0.2, 0.25) is 5.88 Å². The highest BCUT2D eigenvalue weighted by Crippen LogP contribution is 2.30. The van der Waals surface area contributed by atoms with Crippen LogP contribution in [0.5, 0.6) is 5.88 Å². The smallest absolute Gasteiger partial charge is 0.243 e. The molecule has 2 heterocycles. The second kappa shape index (κ2) is 8.20. The summed E-state index contributed by atoms with van der Waals surface area (Å²) in [5.74, 6) is 1.78. The van der Waals surface area contributed by atoms with Crippen LogP contribution in [-0.4, -0.2) is 27.5 Å². The Labute approximate surface area is 147 Å². The van der Waals surface area contributed by atoms with E-state index in [2.05, 4.69) is 11.9 Å². The minimum Gasteiger partial charge on any atom is -0.479 e. The number of ether oxygens (including phenoxy) is 1. The van der Waals surface area contributed by atoms with Gasteiger partial charge in [0.15, 0.2) is 5.65 Å². The lowest BCUT2D eigenvalue weighted by Gasteiger charge is -2.04. The molecule has 0 bridgehead atoms. The molecule has 0 spiro atoms. The fourth-order valence-electron chi connectivity index (χ4n) is 2.65. The molecule has 5 heteroatoms. The predicted molar refractivity (Wildman–Crippen MR) is 99.8 cm³/mol. The number of thioether (sulfide) groups is 1. The second-order valence-corrected chi connectivity index (χ2v) is 6.80. The molecular formula is C19H23N3OS. The van der Waals surface area contributed by atoms with Gasteiger partial charge in [-0.15, -0.1) is 11.8 Å². The highest BCUT2D eigenvalue weighted by atomic mass is 32.2. The van der Waals surface area contributed by atoms with Crippen LogP contribution < -0.4 is 4.74 Å². The van der Waals surface area contributed by atoms with Gasteiger partial charge in [0.1, 0.15) is 10.7 Å². The summed E-state index contributed by atoms with van der Waals surface area (Å²) in [6, 6.07) is 14.1. The van der Waals surface area contributed by atoms with E-state index < -0.39 is 0 Å². The number of benzene rings is 1. The molecule has 0 aliphatic heterocycles. The molecule has 0 aliphatic rings. The standard InChI is InChI=1S/C19H23N3OS/c1-3-4-5-9-14-24-17-13-12-16-20-18(15-10-7-6-8-11-15)19(23-2)22(16)21-17/h6-8,10-13H,3-5,9,14H2,1-2H3. The third-order valence-corrected chi connectivity index (χ3v) is 4.91. The largest absolute Gasteiger partial charge is 0.479 e. The summed E-state index contributed by atoms with van der Waals surface area (Å²) in [4.78, 5) is 4.68. The van der Waals surface area contributed by atoms with Crippen molar-refractivity contribution in [3.8, 4) is 17.1 Å². The summed E-state index contributed by atoms with van der Waals surface area (Å²) in [5.41, 5.74) is 2.67. The van der Waals surface area contributed by atoms with Crippen molar-refractivity contribution in [2.24, 2.45) is 0 Å². The van der Waals surface area contributed by atoms with Crippen LogP contribution in [0.25, 0.3) is 16.9 Å². The van der Waals surface area contributed by atoms with Gasteiger partial charge in [-0.1, -0.05) is 56.5 Å². The number of imidazole rings is 1. The van der Waals surface area contributed by atoms with Gasteiger partial charge in [0.25, 0.3) is 0 Å². The molecule has 2 aromatic heterocycles. The van der Waals surface area contributed by atoms with Crippen molar-refractivity contribution in [2.75, 3.05) is 12.9 Å². The van der Waals surface area contributed by atoms with Crippen molar-refractivity contribution in [3.05, 3.63) is 42.5 Å². The molecule has 0 radical (unpaired) electrons. The number of hydrogen-bond donors (Lipinski definition) is 0. The highest BCUT2D eigenvalue weighted by Gasteiger charge is 2.16. The van der Waals surface area contributed by atoms with Crippen LogP contribution in [0.1, 0.15) is 32.6 Å². The van der Waals surface area contributed by atoms with E-state index in [1.54, 1.807) is 23.4 Å². The average Bonchev–Trinajstić information content (AvgIpc) is 3.00. The Hall–Kier alpha value is -2.01. The molecule has 0 saturated carbocycles. The zero-order valence-electron chi connectivity index (χ0n) is 14.2. The molecule has 0 aliphatic carbocycles.